The van der Waals surface area contributed by atoms with E-state index in [0.717, 1.165) is 27.2 Å². The molecule has 1 aliphatic rings. The van der Waals surface area contributed by atoms with Crippen molar-refractivity contribution in [1.82, 2.24) is 4.90 Å². The van der Waals surface area contributed by atoms with Gasteiger partial charge in [-0.05, 0) is 60.2 Å². The molecule has 0 saturated carbocycles. The van der Waals surface area contributed by atoms with Crippen LogP contribution < -0.4 is 0 Å². The summed E-state index contributed by atoms with van der Waals surface area (Å²) in [7, 11) is 0. The highest BCUT2D eigenvalue weighted by Gasteiger charge is 2.29. The molecule has 0 bridgehead atoms. The molecule has 2 atom stereocenters. The number of likely N-dealkylation sites (tertiary alicyclic amines) is 1. The fourth-order valence-electron chi connectivity index (χ4n) is 2.33. The van der Waals surface area contributed by atoms with Gasteiger partial charge in [-0.15, -0.1) is 11.3 Å². The molecule has 1 aromatic heterocycles. The normalized spacial score (nSPS) is 25.1. The van der Waals surface area contributed by atoms with Crippen LogP contribution >= 0.6 is 27.3 Å². The number of rotatable bonds is 1. The van der Waals surface area contributed by atoms with Gasteiger partial charge in [0.1, 0.15) is 0 Å². The van der Waals surface area contributed by atoms with Gasteiger partial charge < -0.3 is 4.90 Å². The van der Waals surface area contributed by atoms with Crippen molar-refractivity contribution in [2.45, 2.75) is 39.7 Å². The number of thiophene rings is 1. The molecule has 94 valence electrons. The molecule has 1 aromatic rings. The summed E-state index contributed by atoms with van der Waals surface area (Å²) in [6.45, 7) is 7.33. The molecular formula is C13H18BrNOS. The highest BCUT2D eigenvalue weighted by atomic mass is 79.9. The standard InChI is InChI=1S/C13H18BrNOS/c1-8-5-4-6-15(10(8)3)13(16)11-7-9(2)12(14)17-11/h7-8,10H,4-6H2,1-3H3. The van der Waals surface area contributed by atoms with Crippen LogP contribution in [0.4, 0.5) is 0 Å². The summed E-state index contributed by atoms with van der Waals surface area (Å²) in [5, 5.41) is 0. The maximum absolute atomic E-state index is 12.4. The van der Waals surface area contributed by atoms with Gasteiger partial charge in [0.25, 0.3) is 5.91 Å². The van der Waals surface area contributed by atoms with Crippen LogP contribution in [-0.4, -0.2) is 23.4 Å². The number of hydrogen-bond donors (Lipinski definition) is 0. The Morgan fingerprint density at radius 2 is 2.24 bits per heavy atom. The fourth-order valence-corrected chi connectivity index (χ4v) is 3.82. The van der Waals surface area contributed by atoms with E-state index in [0.29, 0.717) is 12.0 Å². The SMILES string of the molecule is Cc1cc(C(=O)N2CCCC(C)C2C)sc1Br. The number of amides is 1. The molecule has 17 heavy (non-hydrogen) atoms. The van der Waals surface area contributed by atoms with Crippen LogP contribution in [-0.2, 0) is 0 Å². The molecule has 2 nitrogen and oxygen atoms in total. The second-order valence-corrected chi connectivity index (χ2v) is 7.30. The van der Waals surface area contributed by atoms with Gasteiger partial charge in [-0.3, -0.25) is 4.79 Å². The van der Waals surface area contributed by atoms with Crippen LogP contribution in [0, 0.1) is 12.8 Å². The summed E-state index contributed by atoms with van der Waals surface area (Å²) in [4.78, 5) is 15.3. The lowest BCUT2D eigenvalue weighted by Crippen LogP contribution is -2.45. The maximum atomic E-state index is 12.4. The summed E-state index contributed by atoms with van der Waals surface area (Å²) in [6, 6.07) is 2.35. The van der Waals surface area contributed by atoms with E-state index in [2.05, 4.69) is 29.8 Å². The minimum atomic E-state index is 0.197. The van der Waals surface area contributed by atoms with Gasteiger partial charge in [-0.1, -0.05) is 6.92 Å². The molecule has 0 aliphatic carbocycles. The third-order valence-corrected chi connectivity index (χ3v) is 5.83. The summed E-state index contributed by atoms with van der Waals surface area (Å²) in [5.74, 6) is 0.806. The molecule has 1 amide bonds. The first kappa shape index (κ1) is 13.1. The molecule has 0 radical (unpaired) electrons. The Labute approximate surface area is 115 Å². The molecule has 0 N–H and O–H groups in total. The summed E-state index contributed by atoms with van der Waals surface area (Å²) in [5.41, 5.74) is 1.15. The number of halogens is 1. The zero-order valence-corrected chi connectivity index (χ0v) is 12.9. The topological polar surface area (TPSA) is 20.3 Å². The molecule has 1 aliphatic heterocycles. The zero-order chi connectivity index (χ0) is 12.6. The van der Waals surface area contributed by atoms with Crippen LogP contribution in [0.2, 0.25) is 0 Å². The molecule has 4 heteroatoms. The second-order valence-electron chi connectivity index (χ2n) is 4.93. The Kier molecular flexibility index (Phi) is 3.93. The largest absolute Gasteiger partial charge is 0.335 e. The van der Waals surface area contributed by atoms with Gasteiger partial charge in [-0.25, -0.2) is 0 Å². The van der Waals surface area contributed by atoms with Crippen LogP contribution in [0.1, 0.15) is 41.9 Å². The second kappa shape index (κ2) is 5.11. The van der Waals surface area contributed by atoms with Crippen LogP contribution in [0.5, 0.6) is 0 Å². The number of carbonyl (C=O) groups excluding carboxylic acids is 1. The average molecular weight is 316 g/mol. The van der Waals surface area contributed by atoms with E-state index < -0.39 is 0 Å². The quantitative estimate of drug-likeness (QED) is 0.764. The molecule has 1 fully saturated rings. The number of nitrogens with zero attached hydrogens (tertiary/aromatic N) is 1. The van der Waals surface area contributed by atoms with Crippen molar-refractivity contribution in [2.24, 2.45) is 5.92 Å². The van der Waals surface area contributed by atoms with Crippen molar-refractivity contribution in [3.05, 3.63) is 20.3 Å². The van der Waals surface area contributed by atoms with Crippen LogP contribution in [0.15, 0.2) is 9.85 Å². The van der Waals surface area contributed by atoms with Gasteiger partial charge in [0.05, 0.1) is 8.66 Å². The Hall–Kier alpha value is -0.350. The monoisotopic (exact) mass is 315 g/mol. The first-order valence-corrected chi connectivity index (χ1v) is 7.68. The van der Waals surface area contributed by atoms with E-state index in [1.54, 1.807) is 11.3 Å². The van der Waals surface area contributed by atoms with E-state index in [1.165, 1.54) is 6.42 Å². The Balaban J connectivity index is 2.19. The van der Waals surface area contributed by atoms with Crippen LogP contribution in [0.25, 0.3) is 0 Å². The van der Waals surface area contributed by atoms with E-state index in [1.807, 2.05) is 17.9 Å². The van der Waals surface area contributed by atoms with Crippen molar-refractivity contribution in [1.29, 1.82) is 0 Å². The van der Waals surface area contributed by atoms with Gasteiger partial charge in [-0.2, -0.15) is 0 Å². The first-order chi connectivity index (χ1) is 8.00. The molecular weight excluding hydrogens is 298 g/mol. The number of piperidine rings is 1. The molecule has 2 unspecified atom stereocenters. The average Bonchev–Trinajstić information content (AvgIpc) is 2.62. The molecule has 2 rings (SSSR count). The minimum absolute atomic E-state index is 0.197. The van der Waals surface area contributed by atoms with Crippen LogP contribution in [0.3, 0.4) is 0 Å². The number of carbonyl (C=O) groups is 1. The van der Waals surface area contributed by atoms with Crippen molar-refractivity contribution in [2.75, 3.05) is 6.54 Å². The Morgan fingerprint density at radius 3 is 2.82 bits per heavy atom. The molecule has 0 spiro atoms. The number of hydrogen-bond acceptors (Lipinski definition) is 2. The smallest absolute Gasteiger partial charge is 0.264 e. The highest BCUT2D eigenvalue weighted by Crippen LogP contribution is 2.31. The van der Waals surface area contributed by atoms with Crippen molar-refractivity contribution < 1.29 is 4.79 Å². The van der Waals surface area contributed by atoms with Crippen molar-refractivity contribution in [3.8, 4) is 0 Å². The lowest BCUT2D eigenvalue weighted by molar-refractivity contribution is 0.0556. The lowest BCUT2D eigenvalue weighted by atomic mass is 9.92. The third-order valence-electron chi connectivity index (χ3n) is 3.70. The maximum Gasteiger partial charge on any atom is 0.264 e. The summed E-state index contributed by atoms with van der Waals surface area (Å²) < 4.78 is 1.07. The number of aryl methyl sites for hydroxylation is 1. The van der Waals surface area contributed by atoms with E-state index in [9.17, 15) is 4.79 Å². The molecule has 1 saturated heterocycles. The van der Waals surface area contributed by atoms with E-state index >= 15 is 0 Å². The van der Waals surface area contributed by atoms with Gasteiger partial charge in [0, 0.05) is 12.6 Å². The molecule has 2 heterocycles. The van der Waals surface area contributed by atoms with Gasteiger partial charge in [0.15, 0.2) is 0 Å². The van der Waals surface area contributed by atoms with Gasteiger partial charge >= 0.3 is 0 Å². The fraction of sp³-hybridized carbons (Fsp3) is 0.615. The predicted molar refractivity (Wildman–Crippen MR) is 75.7 cm³/mol. The molecule has 0 aromatic carbocycles. The summed E-state index contributed by atoms with van der Waals surface area (Å²) >= 11 is 5.03. The first-order valence-electron chi connectivity index (χ1n) is 6.07. The third kappa shape index (κ3) is 2.58. The Morgan fingerprint density at radius 1 is 1.53 bits per heavy atom. The Bertz CT molecular complexity index is 410. The van der Waals surface area contributed by atoms with E-state index in [-0.39, 0.29) is 5.91 Å². The van der Waals surface area contributed by atoms with E-state index in [4.69, 9.17) is 0 Å². The highest BCUT2D eigenvalue weighted by molar-refractivity contribution is 9.11. The van der Waals surface area contributed by atoms with Crippen molar-refractivity contribution >= 4 is 33.2 Å². The van der Waals surface area contributed by atoms with Crippen molar-refractivity contribution in [3.63, 3.8) is 0 Å². The summed E-state index contributed by atoms with van der Waals surface area (Å²) in [6.07, 6.45) is 2.36. The minimum Gasteiger partial charge on any atom is -0.335 e. The predicted octanol–water partition coefficient (Wildman–Crippen LogP) is 4.08. The lowest BCUT2D eigenvalue weighted by Gasteiger charge is -2.37. The zero-order valence-electron chi connectivity index (χ0n) is 10.5. The van der Waals surface area contributed by atoms with Gasteiger partial charge in [0.2, 0.25) is 0 Å².